The van der Waals surface area contributed by atoms with E-state index < -0.39 is 41.2 Å². The molecule has 4 saturated heterocycles. The number of nitrogens with one attached hydrogen (secondary N) is 1. The van der Waals surface area contributed by atoms with Crippen LogP contribution in [0.2, 0.25) is 0 Å². The molecular weight excluding hydrogens is 806 g/mol. The Kier molecular flexibility index (Phi) is 8.72. The number of ether oxygens (including phenoxy) is 1. The number of carbonyl (C=O) groups is 2. The number of carbonyl (C=O) groups excluding carboxylic acids is 2. The molecule has 5 aromatic heterocycles. The highest BCUT2D eigenvalue weighted by Crippen LogP contribution is 2.48. The number of hydrogen-bond donors (Lipinski definition) is 1. The number of nitrogens with zero attached hydrogens (tertiary/aromatic N) is 13. The topological polar surface area (TPSA) is 168 Å². The molecule has 12 rings (SSSR count). The Morgan fingerprint density at radius 3 is 2.55 bits per heavy atom. The summed E-state index contributed by atoms with van der Waals surface area (Å²) in [5.74, 6) is -1.12. The van der Waals surface area contributed by atoms with E-state index in [2.05, 4.69) is 25.4 Å². The van der Waals surface area contributed by atoms with Crippen LogP contribution in [0.25, 0.3) is 39.1 Å². The summed E-state index contributed by atoms with van der Waals surface area (Å²) in [6, 6.07) is 3.86. The van der Waals surface area contributed by atoms with Crippen LogP contribution in [0.15, 0.2) is 42.9 Å². The minimum absolute atomic E-state index is 0.00562. The van der Waals surface area contributed by atoms with Crippen molar-refractivity contribution in [3.05, 3.63) is 66.1 Å². The molecule has 20 heteroatoms. The summed E-state index contributed by atoms with van der Waals surface area (Å²) in [6.45, 7) is 7.20. The second-order valence-corrected chi connectivity index (χ2v) is 17.2. The average molecular weight is 849 g/mol. The number of amides is 2. The molecule has 1 aliphatic carbocycles. The second-order valence-electron chi connectivity index (χ2n) is 17.2. The molecule has 17 nitrogen and oxygen atoms in total. The molecule has 6 aromatic rings. The van der Waals surface area contributed by atoms with Gasteiger partial charge in [0.25, 0.3) is 0 Å². The molecule has 62 heavy (non-hydrogen) atoms. The number of likely N-dealkylation sites (N-methyl/N-ethyl adjacent to an activating group) is 1. The van der Waals surface area contributed by atoms with Gasteiger partial charge in [0.2, 0.25) is 23.7 Å². The molecular formula is C42H43F3N14O3. The van der Waals surface area contributed by atoms with Gasteiger partial charge in [-0.2, -0.15) is 15.1 Å². The number of imidazole rings is 1. The van der Waals surface area contributed by atoms with Crippen LogP contribution in [0.5, 0.6) is 0 Å². The van der Waals surface area contributed by atoms with Crippen molar-refractivity contribution in [2.75, 3.05) is 48.4 Å². The maximum atomic E-state index is 15.8. The third-order valence-electron chi connectivity index (χ3n) is 13.0. The monoisotopic (exact) mass is 848 g/mol. The third-order valence-corrected chi connectivity index (χ3v) is 13.0. The fourth-order valence-corrected chi connectivity index (χ4v) is 10.1. The van der Waals surface area contributed by atoms with Crippen molar-refractivity contribution in [2.45, 2.75) is 88.8 Å². The predicted molar refractivity (Wildman–Crippen MR) is 220 cm³/mol. The lowest BCUT2D eigenvalue weighted by atomic mass is 9.75. The van der Waals surface area contributed by atoms with Crippen molar-refractivity contribution in [3.63, 3.8) is 0 Å². The molecule has 6 bridgehead atoms. The summed E-state index contributed by atoms with van der Waals surface area (Å²) in [5, 5.41) is 8.32. The van der Waals surface area contributed by atoms with Crippen LogP contribution >= 0.6 is 0 Å². The second kappa shape index (κ2) is 14.0. The number of piperidine rings is 1. The fraction of sp³-hybridized carbons (Fsp3) is 0.452. The van der Waals surface area contributed by atoms with E-state index >= 15 is 8.78 Å². The van der Waals surface area contributed by atoms with E-state index in [1.165, 1.54) is 16.9 Å². The first-order chi connectivity index (χ1) is 29.9. The highest BCUT2D eigenvalue weighted by molar-refractivity contribution is 5.97. The van der Waals surface area contributed by atoms with Crippen molar-refractivity contribution >= 4 is 51.6 Å². The van der Waals surface area contributed by atoms with Crippen LogP contribution < -0.4 is 15.1 Å². The maximum absolute atomic E-state index is 15.8. The van der Waals surface area contributed by atoms with Crippen LogP contribution in [0, 0.1) is 24.4 Å². The van der Waals surface area contributed by atoms with E-state index in [1.54, 1.807) is 24.2 Å². The zero-order valence-electron chi connectivity index (χ0n) is 34.5. The van der Waals surface area contributed by atoms with Gasteiger partial charge >= 0.3 is 0 Å². The molecule has 5 fully saturated rings. The van der Waals surface area contributed by atoms with Crippen LogP contribution in [-0.4, -0.2) is 135 Å². The van der Waals surface area contributed by atoms with Gasteiger partial charge in [-0.25, -0.2) is 32.8 Å². The van der Waals surface area contributed by atoms with E-state index in [9.17, 15) is 14.0 Å². The zero-order valence-corrected chi connectivity index (χ0v) is 34.5. The summed E-state index contributed by atoms with van der Waals surface area (Å²) in [4.78, 5) is 64.9. The number of halogens is 3. The molecule has 1 saturated carbocycles. The van der Waals surface area contributed by atoms with Crippen LogP contribution in [0.4, 0.5) is 30.9 Å². The van der Waals surface area contributed by atoms with Gasteiger partial charge < -0.3 is 34.2 Å². The number of benzene rings is 1. The summed E-state index contributed by atoms with van der Waals surface area (Å²) in [5.41, 5.74) is 0.733. The molecule has 5 aliphatic heterocycles. The maximum Gasteiger partial charge on any atom is 0.248 e. The highest BCUT2D eigenvalue weighted by Gasteiger charge is 2.62. The lowest BCUT2D eigenvalue weighted by molar-refractivity contribution is -0.147. The van der Waals surface area contributed by atoms with E-state index in [4.69, 9.17) is 19.7 Å². The van der Waals surface area contributed by atoms with Gasteiger partial charge in [-0.05, 0) is 58.2 Å². The number of hydrogen-bond acceptors (Lipinski definition) is 13. The number of aromatic nitrogens is 9. The number of pyridine rings is 1. The Morgan fingerprint density at radius 2 is 1.76 bits per heavy atom. The quantitative estimate of drug-likeness (QED) is 0.256. The summed E-state index contributed by atoms with van der Waals surface area (Å²) < 4.78 is 55.0. The van der Waals surface area contributed by atoms with Gasteiger partial charge in [0.15, 0.2) is 17.3 Å². The number of piperazine rings is 1. The van der Waals surface area contributed by atoms with Gasteiger partial charge in [0.1, 0.15) is 46.1 Å². The van der Waals surface area contributed by atoms with E-state index in [0.29, 0.717) is 53.3 Å². The van der Waals surface area contributed by atoms with Crippen LogP contribution in [-0.2, 0) is 20.9 Å². The van der Waals surface area contributed by atoms with Gasteiger partial charge in [0, 0.05) is 64.1 Å². The van der Waals surface area contributed by atoms with E-state index in [0.717, 1.165) is 31.2 Å². The van der Waals surface area contributed by atoms with Crippen molar-refractivity contribution < 1.29 is 27.5 Å². The lowest BCUT2D eigenvalue weighted by Crippen LogP contribution is -2.79. The number of fused-ring (bicyclic) bond motifs is 8. The van der Waals surface area contributed by atoms with Crippen molar-refractivity contribution in [3.8, 4) is 17.1 Å². The Hall–Kier alpha value is -6.44. The largest absolute Gasteiger partial charge is 0.375 e. The highest BCUT2D eigenvalue weighted by atomic mass is 19.1. The standard InChI is InChI=1S/C42H43F3N14O3/c1-5-62-26-19-54(4)38(60)32-13-23(50-40-47-16-29(45)33(51-40)34-35-30(10-11-46-34)49-21(2)55(35)20-26)17-57(32)36-27-15-48-59(31-9-6-22(43)12-28(31)44)37(27)53-41(52-36)58-25-14-42(58,3)39(61)56(18-25)24-7-8-24/h6,9-12,15-16,23-26,32H,5,7-8,13-14,17-20H2,1-4H3,(H,47,50,51)/t23-,25+,26-,32-,42-/m0/s1. The molecule has 10 heterocycles. The normalized spacial score (nSPS) is 25.0. The molecule has 0 spiro atoms. The molecule has 320 valence electrons. The average Bonchev–Trinajstić information content (AvgIpc) is 3.74. The molecule has 1 aromatic carbocycles. The van der Waals surface area contributed by atoms with Crippen molar-refractivity contribution in [1.29, 1.82) is 0 Å². The first-order valence-corrected chi connectivity index (χ1v) is 21.0. The zero-order chi connectivity index (χ0) is 42.8. The molecule has 0 unspecified atom stereocenters. The van der Waals surface area contributed by atoms with Gasteiger partial charge in [-0.15, -0.1) is 0 Å². The predicted octanol–water partition coefficient (Wildman–Crippen LogP) is 4.02. The summed E-state index contributed by atoms with van der Waals surface area (Å²) >= 11 is 0. The third kappa shape index (κ3) is 5.96. The Balaban J connectivity index is 1.05. The first kappa shape index (κ1) is 38.5. The van der Waals surface area contributed by atoms with Gasteiger partial charge in [-0.3, -0.25) is 14.6 Å². The SMILES string of the molecule is CCO[C@H]1CN(C)C(=O)[C@@H]2C[C@@H](CN2c2nc(N3[C@H]4CN(C5CC5)C(=O)[C@]3(C)C4)nc3c2cnn3-c2ccc(F)cc2F)Nc2ncc(F)c(n2)-c2nccc3nc(C)n(c23)C1. The number of rotatable bonds is 6. The lowest BCUT2D eigenvalue weighted by Gasteiger charge is -2.62. The molecule has 0 radical (unpaired) electrons. The van der Waals surface area contributed by atoms with Gasteiger partial charge in [0.05, 0.1) is 47.5 Å². The smallest absolute Gasteiger partial charge is 0.248 e. The first-order valence-electron chi connectivity index (χ1n) is 21.0. The number of anilines is 3. The van der Waals surface area contributed by atoms with Crippen molar-refractivity contribution in [2.24, 2.45) is 0 Å². The van der Waals surface area contributed by atoms with Crippen molar-refractivity contribution in [1.82, 2.24) is 54.1 Å². The Morgan fingerprint density at radius 1 is 0.919 bits per heavy atom. The van der Waals surface area contributed by atoms with Crippen LogP contribution in [0.3, 0.4) is 0 Å². The molecule has 2 amide bonds. The van der Waals surface area contributed by atoms with E-state index in [1.807, 2.05) is 40.0 Å². The fourth-order valence-electron chi connectivity index (χ4n) is 10.1. The Bertz CT molecular complexity index is 2830. The summed E-state index contributed by atoms with van der Waals surface area (Å²) in [7, 11) is 1.73. The molecule has 6 aliphatic rings. The van der Waals surface area contributed by atoms with Gasteiger partial charge in [-0.1, -0.05) is 0 Å². The minimum atomic E-state index is -0.920. The number of aryl methyl sites for hydroxylation is 1. The Labute approximate surface area is 352 Å². The minimum Gasteiger partial charge on any atom is -0.375 e. The molecule has 1 N–H and O–H groups in total. The van der Waals surface area contributed by atoms with E-state index in [-0.39, 0.29) is 78.9 Å². The molecule has 5 atom stereocenters. The van der Waals surface area contributed by atoms with Crippen LogP contribution in [0.1, 0.15) is 45.4 Å². The summed E-state index contributed by atoms with van der Waals surface area (Å²) in [6.07, 6.45) is 6.50.